The van der Waals surface area contributed by atoms with Gasteiger partial charge in [0.2, 0.25) is 0 Å². The van der Waals surface area contributed by atoms with E-state index in [1.54, 1.807) is 0 Å². The summed E-state index contributed by atoms with van der Waals surface area (Å²) < 4.78 is 5.21. The van der Waals surface area contributed by atoms with Crippen molar-refractivity contribution in [2.75, 3.05) is 11.9 Å². The number of ether oxygens (including phenoxy) is 1. The number of carbonyl (C=O) groups excluding carboxylic acids is 1. The van der Waals surface area contributed by atoms with E-state index in [-0.39, 0.29) is 5.97 Å². The molecule has 116 valence electrons. The summed E-state index contributed by atoms with van der Waals surface area (Å²) in [5, 5.41) is 1.02. The van der Waals surface area contributed by atoms with Crippen molar-refractivity contribution in [3.05, 3.63) is 0 Å². The van der Waals surface area contributed by atoms with Crippen molar-refractivity contribution in [3.8, 4) is 12.3 Å². The van der Waals surface area contributed by atoms with Gasteiger partial charge in [0.15, 0.2) is 0 Å². The van der Waals surface area contributed by atoms with Gasteiger partial charge in [0.25, 0.3) is 0 Å². The molecule has 0 unspecified atom stereocenters. The highest BCUT2D eigenvalue weighted by Gasteiger charge is 2.01. The predicted molar refractivity (Wildman–Crippen MR) is 89.0 cm³/mol. The monoisotopic (exact) mass is 344 g/mol. The lowest BCUT2D eigenvalue weighted by atomic mass is 10.1. The summed E-state index contributed by atoms with van der Waals surface area (Å²) in [6.45, 7) is 0.592. The minimum Gasteiger partial charge on any atom is -0.466 e. The van der Waals surface area contributed by atoms with Crippen LogP contribution in [0.15, 0.2) is 0 Å². The van der Waals surface area contributed by atoms with Crippen molar-refractivity contribution in [3.63, 3.8) is 0 Å². The van der Waals surface area contributed by atoms with Crippen LogP contribution in [0.2, 0.25) is 0 Å². The van der Waals surface area contributed by atoms with E-state index in [2.05, 4.69) is 21.9 Å². The molecule has 0 rings (SSSR count). The maximum atomic E-state index is 11.4. The van der Waals surface area contributed by atoms with E-state index in [9.17, 15) is 4.79 Å². The molecule has 0 amide bonds. The first-order valence-electron chi connectivity index (χ1n) is 7.96. The molecule has 3 heteroatoms. The van der Waals surface area contributed by atoms with Crippen LogP contribution in [0.5, 0.6) is 0 Å². The standard InChI is InChI=1S/C17H29BrO2/c1-2-3-4-5-6-7-8-9-13-16-20-17(19)14-11-10-12-15-18/h1H,3-16H2. The zero-order valence-electron chi connectivity index (χ0n) is 12.7. The van der Waals surface area contributed by atoms with Gasteiger partial charge < -0.3 is 4.74 Å². The summed E-state index contributed by atoms with van der Waals surface area (Å²) in [6, 6.07) is 0. The molecule has 0 aliphatic heterocycles. The van der Waals surface area contributed by atoms with Gasteiger partial charge in [-0.05, 0) is 25.7 Å². The van der Waals surface area contributed by atoms with Crippen LogP contribution in [-0.4, -0.2) is 17.9 Å². The third kappa shape index (κ3) is 15.6. The van der Waals surface area contributed by atoms with E-state index in [4.69, 9.17) is 11.2 Å². The maximum Gasteiger partial charge on any atom is 0.305 e. The molecular formula is C17H29BrO2. The average Bonchev–Trinajstić information content (AvgIpc) is 2.45. The van der Waals surface area contributed by atoms with Crippen LogP contribution in [-0.2, 0) is 9.53 Å². The Balaban J connectivity index is 3.11. The van der Waals surface area contributed by atoms with Gasteiger partial charge in [-0.25, -0.2) is 0 Å². The lowest BCUT2D eigenvalue weighted by molar-refractivity contribution is -0.143. The van der Waals surface area contributed by atoms with E-state index in [0.717, 1.165) is 50.3 Å². The molecule has 20 heavy (non-hydrogen) atoms. The van der Waals surface area contributed by atoms with Crippen LogP contribution >= 0.6 is 15.9 Å². The predicted octanol–water partition coefficient (Wildman–Crippen LogP) is 5.24. The first-order valence-corrected chi connectivity index (χ1v) is 9.08. The Kier molecular flexibility index (Phi) is 16.2. The maximum absolute atomic E-state index is 11.4. The second kappa shape index (κ2) is 16.6. The minimum absolute atomic E-state index is 0.0335. The van der Waals surface area contributed by atoms with Gasteiger partial charge in [0, 0.05) is 18.2 Å². The largest absolute Gasteiger partial charge is 0.466 e. The molecule has 0 aliphatic rings. The highest BCUT2D eigenvalue weighted by atomic mass is 79.9. The second-order valence-electron chi connectivity index (χ2n) is 5.15. The molecular weight excluding hydrogens is 316 g/mol. The van der Waals surface area contributed by atoms with Crippen molar-refractivity contribution in [1.82, 2.24) is 0 Å². The number of halogens is 1. The minimum atomic E-state index is -0.0335. The van der Waals surface area contributed by atoms with Crippen LogP contribution in [0.4, 0.5) is 0 Å². The molecule has 0 aromatic carbocycles. The smallest absolute Gasteiger partial charge is 0.305 e. The SMILES string of the molecule is C#CCCCCCCCCCOC(=O)CCCCCBr. The third-order valence-corrected chi connectivity index (χ3v) is 3.80. The van der Waals surface area contributed by atoms with Crippen molar-refractivity contribution < 1.29 is 9.53 Å². The number of hydrogen-bond acceptors (Lipinski definition) is 2. The fraction of sp³-hybridized carbons (Fsp3) is 0.824. The topological polar surface area (TPSA) is 26.3 Å². The van der Waals surface area contributed by atoms with E-state index in [0.29, 0.717) is 13.0 Å². The Morgan fingerprint density at radius 1 is 0.900 bits per heavy atom. The van der Waals surface area contributed by atoms with Gasteiger partial charge >= 0.3 is 5.97 Å². The molecule has 0 aromatic rings. The van der Waals surface area contributed by atoms with Gasteiger partial charge in [-0.15, -0.1) is 12.3 Å². The summed E-state index contributed by atoms with van der Waals surface area (Å²) >= 11 is 3.38. The fourth-order valence-electron chi connectivity index (χ4n) is 2.01. The molecule has 0 atom stereocenters. The number of carbonyl (C=O) groups is 1. The van der Waals surface area contributed by atoms with Crippen molar-refractivity contribution >= 4 is 21.9 Å². The summed E-state index contributed by atoms with van der Waals surface area (Å²) in [4.78, 5) is 11.4. The van der Waals surface area contributed by atoms with Crippen LogP contribution < -0.4 is 0 Å². The summed E-state index contributed by atoms with van der Waals surface area (Å²) in [7, 11) is 0. The zero-order chi connectivity index (χ0) is 14.9. The number of terminal acetylenes is 1. The number of hydrogen-bond donors (Lipinski definition) is 0. The zero-order valence-corrected chi connectivity index (χ0v) is 14.3. The Labute approximate surface area is 133 Å². The van der Waals surface area contributed by atoms with Gasteiger partial charge in [-0.1, -0.05) is 54.5 Å². The Bertz CT molecular complexity index is 258. The van der Waals surface area contributed by atoms with Crippen LogP contribution in [0.3, 0.4) is 0 Å². The van der Waals surface area contributed by atoms with Gasteiger partial charge in [0.05, 0.1) is 6.61 Å². The van der Waals surface area contributed by atoms with E-state index >= 15 is 0 Å². The quantitative estimate of drug-likeness (QED) is 0.186. The van der Waals surface area contributed by atoms with Gasteiger partial charge in [0.1, 0.15) is 0 Å². The van der Waals surface area contributed by atoms with E-state index in [1.807, 2.05) is 0 Å². The molecule has 0 aliphatic carbocycles. The lowest BCUT2D eigenvalue weighted by Crippen LogP contribution is -2.05. The van der Waals surface area contributed by atoms with E-state index in [1.165, 1.54) is 25.7 Å². The number of unbranched alkanes of at least 4 members (excludes halogenated alkanes) is 9. The first-order chi connectivity index (χ1) is 9.81. The molecule has 0 saturated carbocycles. The summed E-state index contributed by atoms with van der Waals surface area (Å²) in [6.07, 6.45) is 18.2. The summed E-state index contributed by atoms with van der Waals surface area (Å²) in [5.41, 5.74) is 0. The Morgan fingerprint density at radius 3 is 2.15 bits per heavy atom. The molecule has 0 heterocycles. The molecule has 0 saturated heterocycles. The number of esters is 1. The molecule has 0 spiro atoms. The molecule has 0 N–H and O–H groups in total. The van der Waals surface area contributed by atoms with Crippen LogP contribution in [0.1, 0.15) is 77.0 Å². The fourth-order valence-corrected chi connectivity index (χ4v) is 2.41. The molecule has 0 fully saturated rings. The summed E-state index contributed by atoms with van der Waals surface area (Å²) in [5.74, 6) is 2.63. The van der Waals surface area contributed by atoms with Crippen molar-refractivity contribution in [1.29, 1.82) is 0 Å². The lowest BCUT2D eigenvalue weighted by Gasteiger charge is -2.05. The highest BCUT2D eigenvalue weighted by molar-refractivity contribution is 9.09. The Morgan fingerprint density at radius 2 is 1.50 bits per heavy atom. The first kappa shape index (κ1) is 19.5. The number of rotatable bonds is 14. The van der Waals surface area contributed by atoms with Crippen LogP contribution in [0, 0.1) is 12.3 Å². The second-order valence-corrected chi connectivity index (χ2v) is 5.94. The Hall–Kier alpha value is -0.490. The van der Waals surface area contributed by atoms with Gasteiger partial charge in [-0.2, -0.15) is 0 Å². The van der Waals surface area contributed by atoms with Gasteiger partial charge in [-0.3, -0.25) is 4.79 Å². The third-order valence-electron chi connectivity index (χ3n) is 3.24. The normalized spacial score (nSPS) is 10.2. The van der Waals surface area contributed by atoms with Crippen molar-refractivity contribution in [2.24, 2.45) is 0 Å². The number of alkyl halides is 1. The molecule has 0 bridgehead atoms. The molecule has 2 nitrogen and oxygen atoms in total. The highest BCUT2D eigenvalue weighted by Crippen LogP contribution is 2.09. The van der Waals surface area contributed by atoms with Crippen molar-refractivity contribution in [2.45, 2.75) is 77.0 Å². The molecule has 0 aromatic heterocycles. The average molecular weight is 345 g/mol. The molecule has 0 radical (unpaired) electrons. The van der Waals surface area contributed by atoms with E-state index < -0.39 is 0 Å². The van der Waals surface area contributed by atoms with Crippen LogP contribution in [0.25, 0.3) is 0 Å².